The number of aromatic amines is 1. The van der Waals surface area contributed by atoms with Crippen molar-refractivity contribution in [1.82, 2.24) is 20.4 Å². The van der Waals surface area contributed by atoms with Crippen LogP contribution in [0.1, 0.15) is 42.6 Å². The summed E-state index contributed by atoms with van der Waals surface area (Å²) >= 11 is 0. The number of amides is 2. The second kappa shape index (κ2) is 4.58. The molecule has 0 radical (unpaired) electrons. The Hall–Kier alpha value is -1.85. The van der Waals surface area contributed by atoms with E-state index in [9.17, 15) is 9.59 Å². The molecular weight excluding hydrogens is 268 g/mol. The summed E-state index contributed by atoms with van der Waals surface area (Å²) in [6, 6.07) is 2.03. The van der Waals surface area contributed by atoms with E-state index in [2.05, 4.69) is 15.5 Å². The third kappa shape index (κ3) is 2.32. The highest BCUT2D eigenvalue weighted by atomic mass is 16.2. The van der Waals surface area contributed by atoms with Gasteiger partial charge in [-0.15, -0.1) is 0 Å². The summed E-state index contributed by atoms with van der Waals surface area (Å²) in [6.07, 6.45) is 6.78. The molecule has 0 aromatic carbocycles. The number of rotatable bonds is 3. The van der Waals surface area contributed by atoms with E-state index in [1.54, 1.807) is 12.3 Å². The zero-order chi connectivity index (χ0) is 14.4. The van der Waals surface area contributed by atoms with Crippen LogP contribution in [0, 0.1) is 11.3 Å². The first-order valence-corrected chi connectivity index (χ1v) is 7.74. The van der Waals surface area contributed by atoms with Gasteiger partial charge in [0, 0.05) is 31.2 Å². The number of carbonyl (C=O) groups is 2. The quantitative estimate of drug-likeness (QED) is 0.868. The van der Waals surface area contributed by atoms with Gasteiger partial charge in [0.05, 0.1) is 0 Å². The van der Waals surface area contributed by atoms with Gasteiger partial charge in [-0.3, -0.25) is 14.7 Å². The molecule has 3 aliphatic rings. The van der Waals surface area contributed by atoms with Crippen molar-refractivity contribution in [3.05, 3.63) is 18.0 Å². The maximum atomic E-state index is 12.3. The number of aromatic nitrogens is 2. The Balaban J connectivity index is 1.31. The fourth-order valence-corrected chi connectivity index (χ4v) is 3.74. The molecule has 112 valence electrons. The van der Waals surface area contributed by atoms with Crippen molar-refractivity contribution < 1.29 is 9.59 Å². The van der Waals surface area contributed by atoms with E-state index in [1.165, 1.54) is 0 Å². The Morgan fingerprint density at radius 3 is 2.86 bits per heavy atom. The lowest BCUT2D eigenvalue weighted by molar-refractivity contribution is -0.124. The minimum absolute atomic E-state index is 0.0369. The van der Waals surface area contributed by atoms with Crippen LogP contribution < -0.4 is 5.32 Å². The molecule has 2 aliphatic carbocycles. The number of carbonyl (C=O) groups excluding carboxylic acids is 2. The molecule has 1 aromatic heterocycles. The predicted octanol–water partition coefficient (Wildman–Crippen LogP) is 0.931. The van der Waals surface area contributed by atoms with Gasteiger partial charge in [0.2, 0.25) is 5.91 Å². The second-order valence-corrected chi connectivity index (χ2v) is 6.84. The van der Waals surface area contributed by atoms with Gasteiger partial charge in [0.25, 0.3) is 5.91 Å². The minimum atomic E-state index is 0.0369. The molecule has 1 spiro atoms. The first kappa shape index (κ1) is 12.9. The molecule has 6 nitrogen and oxygen atoms in total. The van der Waals surface area contributed by atoms with Crippen LogP contribution in [0.25, 0.3) is 0 Å². The fourth-order valence-electron chi connectivity index (χ4n) is 3.74. The van der Waals surface area contributed by atoms with Crippen LogP contribution in [-0.2, 0) is 4.79 Å². The third-order valence-corrected chi connectivity index (χ3v) is 5.11. The van der Waals surface area contributed by atoms with E-state index in [0.29, 0.717) is 11.7 Å². The van der Waals surface area contributed by atoms with Crippen molar-refractivity contribution in [2.24, 2.45) is 11.3 Å². The Labute approximate surface area is 123 Å². The van der Waals surface area contributed by atoms with Crippen LogP contribution in [0.15, 0.2) is 12.3 Å². The molecule has 1 saturated heterocycles. The molecule has 0 bridgehead atoms. The van der Waals surface area contributed by atoms with Gasteiger partial charge >= 0.3 is 0 Å². The van der Waals surface area contributed by atoms with E-state index in [1.807, 2.05) is 4.90 Å². The molecule has 21 heavy (non-hydrogen) atoms. The molecule has 1 aromatic rings. The molecule has 2 amide bonds. The van der Waals surface area contributed by atoms with Gasteiger partial charge in [0.1, 0.15) is 5.69 Å². The molecule has 6 heteroatoms. The zero-order valence-corrected chi connectivity index (χ0v) is 12.0. The summed E-state index contributed by atoms with van der Waals surface area (Å²) in [5.41, 5.74) is 0.793. The summed E-state index contributed by atoms with van der Waals surface area (Å²) in [5, 5.41) is 9.71. The highest BCUT2D eigenvalue weighted by Crippen LogP contribution is 2.48. The van der Waals surface area contributed by atoms with Gasteiger partial charge in [-0.05, 0) is 43.6 Å². The van der Waals surface area contributed by atoms with Crippen molar-refractivity contribution >= 4 is 11.8 Å². The topological polar surface area (TPSA) is 78.1 Å². The lowest BCUT2D eigenvalue weighted by atomic mass is 9.65. The average molecular weight is 288 g/mol. The molecular formula is C15H20N4O2. The van der Waals surface area contributed by atoms with Gasteiger partial charge in [-0.25, -0.2) is 0 Å². The number of likely N-dealkylation sites (tertiary alicyclic amines) is 1. The van der Waals surface area contributed by atoms with Crippen molar-refractivity contribution in [1.29, 1.82) is 0 Å². The molecule has 3 fully saturated rings. The van der Waals surface area contributed by atoms with Gasteiger partial charge < -0.3 is 10.2 Å². The molecule has 0 atom stereocenters. The van der Waals surface area contributed by atoms with Crippen molar-refractivity contribution in [3.63, 3.8) is 0 Å². The summed E-state index contributed by atoms with van der Waals surface area (Å²) in [7, 11) is 0. The molecule has 1 aliphatic heterocycles. The largest absolute Gasteiger partial charge is 0.353 e. The van der Waals surface area contributed by atoms with E-state index in [-0.39, 0.29) is 23.1 Å². The monoisotopic (exact) mass is 288 g/mol. The maximum Gasteiger partial charge on any atom is 0.271 e. The van der Waals surface area contributed by atoms with Gasteiger partial charge in [0.15, 0.2) is 0 Å². The number of H-pyrrole nitrogens is 1. The minimum Gasteiger partial charge on any atom is -0.353 e. The standard InChI is InChI=1S/C15H20N4O2/c20-13(10-1-2-10)17-11-7-15(8-11)4-6-19(9-15)14(21)12-3-5-16-18-12/h3,5,10-11H,1-2,4,6-9H2,(H,16,18)(H,17,20). The number of hydrogen-bond donors (Lipinski definition) is 2. The van der Waals surface area contributed by atoms with E-state index in [0.717, 1.165) is 45.2 Å². The van der Waals surface area contributed by atoms with Crippen LogP contribution in [0.5, 0.6) is 0 Å². The summed E-state index contributed by atoms with van der Waals surface area (Å²) < 4.78 is 0. The summed E-state index contributed by atoms with van der Waals surface area (Å²) in [4.78, 5) is 25.9. The summed E-state index contributed by atoms with van der Waals surface area (Å²) in [5.74, 6) is 0.552. The second-order valence-electron chi connectivity index (χ2n) is 6.84. The number of hydrogen-bond acceptors (Lipinski definition) is 3. The predicted molar refractivity (Wildman–Crippen MR) is 75.4 cm³/mol. The summed E-state index contributed by atoms with van der Waals surface area (Å²) in [6.45, 7) is 1.61. The van der Waals surface area contributed by atoms with Crippen LogP contribution >= 0.6 is 0 Å². The van der Waals surface area contributed by atoms with Gasteiger partial charge in [-0.2, -0.15) is 5.10 Å². The third-order valence-electron chi connectivity index (χ3n) is 5.11. The molecule has 4 rings (SSSR count). The zero-order valence-electron chi connectivity index (χ0n) is 12.0. The van der Waals surface area contributed by atoms with Crippen LogP contribution in [-0.4, -0.2) is 46.0 Å². The van der Waals surface area contributed by atoms with Crippen molar-refractivity contribution in [2.45, 2.75) is 38.1 Å². The Morgan fingerprint density at radius 2 is 2.19 bits per heavy atom. The Bertz CT molecular complexity index is 558. The molecule has 2 N–H and O–H groups in total. The SMILES string of the molecule is O=C(NC1CC2(CCN(C(=O)c3ccn[nH]3)C2)C1)C1CC1. The fraction of sp³-hybridized carbons (Fsp3) is 0.667. The Kier molecular flexibility index (Phi) is 2.80. The van der Waals surface area contributed by atoms with E-state index in [4.69, 9.17) is 0 Å². The first-order valence-electron chi connectivity index (χ1n) is 7.74. The lowest BCUT2D eigenvalue weighted by Gasteiger charge is -2.45. The highest BCUT2D eigenvalue weighted by Gasteiger charge is 2.50. The normalized spacial score (nSPS) is 31.2. The molecule has 0 unspecified atom stereocenters. The van der Waals surface area contributed by atoms with Crippen LogP contribution in [0.2, 0.25) is 0 Å². The molecule has 2 heterocycles. The van der Waals surface area contributed by atoms with Gasteiger partial charge in [-0.1, -0.05) is 0 Å². The van der Waals surface area contributed by atoms with Crippen LogP contribution in [0.3, 0.4) is 0 Å². The smallest absolute Gasteiger partial charge is 0.271 e. The lowest BCUT2D eigenvalue weighted by Crippen LogP contribution is -2.52. The van der Waals surface area contributed by atoms with E-state index < -0.39 is 0 Å². The van der Waals surface area contributed by atoms with Crippen molar-refractivity contribution in [2.75, 3.05) is 13.1 Å². The van der Waals surface area contributed by atoms with E-state index >= 15 is 0 Å². The first-order chi connectivity index (χ1) is 10.2. The maximum absolute atomic E-state index is 12.3. The number of nitrogens with zero attached hydrogens (tertiary/aromatic N) is 2. The molecule has 2 saturated carbocycles. The van der Waals surface area contributed by atoms with Crippen molar-refractivity contribution in [3.8, 4) is 0 Å². The average Bonchev–Trinajstić information content (AvgIpc) is 2.99. The number of nitrogens with one attached hydrogen (secondary N) is 2. The highest BCUT2D eigenvalue weighted by molar-refractivity contribution is 5.92. The Morgan fingerprint density at radius 1 is 1.38 bits per heavy atom. The van der Waals surface area contributed by atoms with Crippen LogP contribution in [0.4, 0.5) is 0 Å².